The molecule has 0 saturated heterocycles. The van der Waals surface area contributed by atoms with Crippen molar-refractivity contribution in [2.24, 2.45) is 0 Å². The molecule has 0 N–H and O–H groups in total. The second-order valence-corrected chi connectivity index (χ2v) is 9.36. The van der Waals surface area contributed by atoms with Crippen molar-refractivity contribution in [1.82, 2.24) is 0 Å². The maximum absolute atomic E-state index is 9.95. The largest absolute Gasteiger partial charge is 0.192 e. The van der Waals surface area contributed by atoms with Crippen LogP contribution in [0.15, 0.2) is 84.9 Å². The molecule has 0 bridgehead atoms. The van der Waals surface area contributed by atoms with E-state index in [4.69, 9.17) is 0 Å². The first-order valence-electron chi connectivity index (χ1n) is 12.3. The van der Waals surface area contributed by atoms with Crippen molar-refractivity contribution in [1.29, 1.82) is 10.5 Å². The van der Waals surface area contributed by atoms with E-state index < -0.39 is 0 Å². The fourth-order valence-electron chi connectivity index (χ4n) is 5.56. The van der Waals surface area contributed by atoms with Gasteiger partial charge in [0.05, 0.1) is 23.3 Å². The van der Waals surface area contributed by atoms with Crippen LogP contribution in [0.2, 0.25) is 0 Å². The highest BCUT2D eigenvalue weighted by atomic mass is 14.3. The Morgan fingerprint density at radius 2 is 1.03 bits per heavy atom. The number of nitriles is 2. The zero-order valence-corrected chi connectivity index (χ0v) is 19.4. The van der Waals surface area contributed by atoms with Crippen molar-refractivity contribution >= 4 is 11.1 Å². The van der Waals surface area contributed by atoms with Gasteiger partial charge in [-0.05, 0) is 78.0 Å². The van der Waals surface area contributed by atoms with Gasteiger partial charge >= 0.3 is 0 Å². The molecule has 0 spiro atoms. The van der Waals surface area contributed by atoms with E-state index in [2.05, 4.69) is 78.9 Å². The summed E-state index contributed by atoms with van der Waals surface area (Å²) in [6.07, 6.45) is 11.1. The van der Waals surface area contributed by atoms with Crippen LogP contribution in [0.1, 0.15) is 83.7 Å². The number of allylic oxidation sites excluding steroid dienone is 4. The number of nitrogens with zero attached hydrogens (tertiary/aromatic N) is 2. The van der Waals surface area contributed by atoms with Crippen molar-refractivity contribution in [3.63, 3.8) is 0 Å². The minimum atomic E-state index is 0.200. The van der Waals surface area contributed by atoms with Crippen LogP contribution in [0.5, 0.6) is 0 Å². The van der Waals surface area contributed by atoms with Crippen LogP contribution >= 0.6 is 0 Å². The first-order chi connectivity index (χ1) is 16.8. The van der Waals surface area contributed by atoms with Gasteiger partial charge < -0.3 is 0 Å². The molecule has 2 aliphatic rings. The Kier molecular flexibility index (Phi) is 6.42. The quantitative estimate of drug-likeness (QED) is 0.411. The van der Waals surface area contributed by atoms with Gasteiger partial charge in [0.15, 0.2) is 0 Å². The monoisotopic (exact) mass is 440 g/mol. The highest BCUT2D eigenvalue weighted by Crippen LogP contribution is 2.41. The van der Waals surface area contributed by atoms with Crippen LogP contribution < -0.4 is 0 Å². The normalized spacial score (nSPS) is 19.9. The maximum Gasteiger partial charge on any atom is 0.0995 e. The Morgan fingerprint density at radius 3 is 1.44 bits per heavy atom. The van der Waals surface area contributed by atoms with E-state index in [1.54, 1.807) is 0 Å². The first-order valence-corrected chi connectivity index (χ1v) is 12.3. The van der Waals surface area contributed by atoms with E-state index in [9.17, 15) is 10.5 Å². The van der Waals surface area contributed by atoms with Gasteiger partial charge in [-0.2, -0.15) is 10.5 Å². The standard InChI is InChI=1S/C32H28N2/c33-21-29-19-30(22-34)32(28-16-8-14-26(18-28)24-11-5-2-6-12-24)20-31(29)27-15-7-13-25(17-27)23-9-3-1-4-10-23/h1-6,9-12,17-20,27-28H,7-8,13-16H2. The molecule has 2 nitrogen and oxygen atoms in total. The molecule has 166 valence electrons. The van der Waals surface area contributed by atoms with Gasteiger partial charge in [-0.1, -0.05) is 78.9 Å². The van der Waals surface area contributed by atoms with Crippen molar-refractivity contribution < 1.29 is 0 Å². The zero-order chi connectivity index (χ0) is 23.3. The fraction of sp³-hybridized carbons (Fsp3) is 0.250. The van der Waals surface area contributed by atoms with Gasteiger partial charge in [0.25, 0.3) is 0 Å². The number of hydrogen-bond donors (Lipinski definition) is 0. The van der Waals surface area contributed by atoms with Crippen molar-refractivity contribution in [2.45, 2.75) is 50.4 Å². The third-order valence-electron chi connectivity index (χ3n) is 7.28. The average Bonchev–Trinajstić information content (AvgIpc) is 2.93. The predicted molar refractivity (Wildman–Crippen MR) is 138 cm³/mol. The molecule has 2 aliphatic carbocycles. The predicted octanol–water partition coefficient (Wildman–Crippen LogP) is 8.13. The topological polar surface area (TPSA) is 47.6 Å². The Morgan fingerprint density at radius 1 is 0.588 bits per heavy atom. The SMILES string of the molecule is N#Cc1cc(C#N)c(C2C=C(c3ccccc3)CCC2)cc1C1C=C(c2ccccc2)CCC1. The lowest BCUT2D eigenvalue weighted by Crippen LogP contribution is -2.10. The van der Waals surface area contributed by atoms with Crippen LogP contribution in [0, 0.1) is 22.7 Å². The molecule has 0 saturated carbocycles. The smallest absolute Gasteiger partial charge is 0.0995 e. The summed E-state index contributed by atoms with van der Waals surface area (Å²) >= 11 is 0. The zero-order valence-electron chi connectivity index (χ0n) is 19.4. The Labute approximate surface area is 202 Å². The van der Waals surface area contributed by atoms with Gasteiger partial charge in [-0.25, -0.2) is 0 Å². The fourth-order valence-corrected chi connectivity index (χ4v) is 5.56. The molecule has 0 amide bonds. The van der Waals surface area contributed by atoms with E-state index in [1.807, 2.05) is 18.2 Å². The molecule has 2 heteroatoms. The van der Waals surface area contributed by atoms with E-state index in [0.29, 0.717) is 11.1 Å². The molecule has 0 aromatic heterocycles. The molecule has 3 aromatic carbocycles. The molecule has 2 atom stereocenters. The lowest BCUT2D eigenvalue weighted by molar-refractivity contribution is 0.649. The number of hydrogen-bond acceptors (Lipinski definition) is 2. The minimum absolute atomic E-state index is 0.200. The summed E-state index contributed by atoms with van der Waals surface area (Å²) in [5.74, 6) is 0.400. The molecule has 5 rings (SSSR count). The molecule has 0 radical (unpaired) electrons. The summed E-state index contributed by atoms with van der Waals surface area (Å²) in [5, 5.41) is 19.9. The summed E-state index contributed by atoms with van der Waals surface area (Å²) in [4.78, 5) is 0. The summed E-state index contributed by atoms with van der Waals surface area (Å²) in [7, 11) is 0. The molecule has 0 fully saturated rings. The van der Waals surface area contributed by atoms with E-state index in [1.165, 1.54) is 22.3 Å². The molecule has 0 aliphatic heterocycles. The van der Waals surface area contributed by atoms with Crippen LogP contribution in [0.3, 0.4) is 0 Å². The summed E-state index contributed by atoms with van der Waals surface area (Å²) < 4.78 is 0. The van der Waals surface area contributed by atoms with Crippen LogP contribution in [-0.2, 0) is 0 Å². The highest BCUT2D eigenvalue weighted by molar-refractivity contribution is 5.69. The molecular weight excluding hydrogens is 412 g/mol. The summed E-state index contributed by atoms with van der Waals surface area (Å²) in [5.41, 5.74) is 8.67. The van der Waals surface area contributed by atoms with Gasteiger partial charge in [-0.3, -0.25) is 0 Å². The highest BCUT2D eigenvalue weighted by Gasteiger charge is 2.25. The third kappa shape index (κ3) is 4.46. The van der Waals surface area contributed by atoms with Crippen LogP contribution in [-0.4, -0.2) is 0 Å². The second-order valence-electron chi connectivity index (χ2n) is 9.36. The molecule has 3 aromatic rings. The Bertz CT molecular complexity index is 1220. The Hall–Kier alpha value is -3.88. The summed E-state index contributed by atoms with van der Waals surface area (Å²) in [6.45, 7) is 0. The van der Waals surface area contributed by atoms with Gasteiger partial charge in [0.2, 0.25) is 0 Å². The maximum atomic E-state index is 9.95. The van der Waals surface area contributed by atoms with Gasteiger partial charge in [0, 0.05) is 11.8 Å². The molecule has 0 heterocycles. The van der Waals surface area contributed by atoms with Gasteiger partial charge in [0.1, 0.15) is 0 Å². The van der Waals surface area contributed by atoms with Crippen molar-refractivity contribution in [3.05, 3.63) is 118 Å². The first kappa shape index (κ1) is 21.9. The molecule has 2 unspecified atom stereocenters. The third-order valence-corrected chi connectivity index (χ3v) is 7.28. The lowest BCUT2D eigenvalue weighted by atomic mass is 9.77. The Balaban J connectivity index is 1.56. The van der Waals surface area contributed by atoms with Crippen molar-refractivity contribution in [3.8, 4) is 12.1 Å². The van der Waals surface area contributed by atoms with Crippen molar-refractivity contribution in [2.75, 3.05) is 0 Å². The van der Waals surface area contributed by atoms with Crippen LogP contribution in [0.4, 0.5) is 0 Å². The number of rotatable bonds is 4. The molecular formula is C32H28N2. The van der Waals surface area contributed by atoms with E-state index in [-0.39, 0.29) is 11.8 Å². The second kappa shape index (κ2) is 9.94. The minimum Gasteiger partial charge on any atom is -0.192 e. The summed E-state index contributed by atoms with van der Waals surface area (Å²) in [6, 6.07) is 29.9. The molecule has 34 heavy (non-hydrogen) atoms. The number of benzene rings is 3. The van der Waals surface area contributed by atoms with E-state index >= 15 is 0 Å². The van der Waals surface area contributed by atoms with E-state index in [0.717, 1.165) is 49.7 Å². The average molecular weight is 441 g/mol. The van der Waals surface area contributed by atoms with Gasteiger partial charge in [-0.15, -0.1) is 0 Å². The lowest BCUT2D eigenvalue weighted by Gasteiger charge is -2.26. The van der Waals surface area contributed by atoms with Crippen LogP contribution in [0.25, 0.3) is 11.1 Å².